The van der Waals surface area contributed by atoms with E-state index in [2.05, 4.69) is 10.3 Å². The molecule has 0 amide bonds. The number of aryl methyl sites for hydroxylation is 2. The number of nitrogens with one attached hydrogen (secondary N) is 1. The molecule has 0 radical (unpaired) electrons. The van der Waals surface area contributed by atoms with Gasteiger partial charge >= 0.3 is 0 Å². The molecule has 2 heterocycles. The van der Waals surface area contributed by atoms with Crippen LogP contribution in [0.25, 0.3) is 0 Å². The highest BCUT2D eigenvalue weighted by molar-refractivity contribution is 5.37. The standard InChI is InChI=1S/C13H13F2N3/c1-8-7-18-5-4-12(17-13(18)16-8)9-2-3-10(14)11(15)6-9/h2-3,6-7,12H,4-5H2,1H3,(H,16,17). The molecule has 1 aromatic heterocycles. The van der Waals surface area contributed by atoms with Gasteiger partial charge in [-0.3, -0.25) is 0 Å². The third-order valence-electron chi connectivity index (χ3n) is 3.21. The van der Waals surface area contributed by atoms with E-state index in [1.54, 1.807) is 6.07 Å². The van der Waals surface area contributed by atoms with E-state index in [0.29, 0.717) is 0 Å². The first-order valence-electron chi connectivity index (χ1n) is 5.89. The molecule has 1 aliphatic heterocycles. The molecule has 0 saturated carbocycles. The molecule has 94 valence electrons. The van der Waals surface area contributed by atoms with Gasteiger partial charge in [0.2, 0.25) is 5.95 Å². The Balaban J connectivity index is 1.89. The van der Waals surface area contributed by atoms with Gasteiger partial charge in [-0.2, -0.15) is 0 Å². The Bertz CT molecular complexity index is 592. The minimum absolute atomic E-state index is 0.0191. The van der Waals surface area contributed by atoms with Crippen molar-refractivity contribution in [2.45, 2.75) is 25.9 Å². The van der Waals surface area contributed by atoms with E-state index in [9.17, 15) is 8.78 Å². The molecule has 1 atom stereocenters. The van der Waals surface area contributed by atoms with E-state index < -0.39 is 11.6 Å². The van der Waals surface area contributed by atoms with Crippen molar-refractivity contribution in [3.63, 3.8) is 0 Å². The van der Waals surface area contributed by atoms with Crippen LogP contribution >= 0.6 is 0 Å². The minimum atomic E-state index is -0.813. The van der Waals surface area contributed by atoms with Gasteiger partial charge in [-0.25, -0.2) is 13.8 Å². The molecule has 18 heavy (non-hydrogen) atoms. The first-order valence-corrected chi connectivity index (χ1v) is 5.89. The molecule has 3 nitrogen and oxygen atoms in total. The van der Waals surface area contributed by atoms with E-state index in [4.69, 9.17) is 0 Å². The Morgan fingerprint density at radius 3 is 2.94 bits per heavy atom. The summed E-state index contributed by atoms with van der Waals surface area (Å²) in [5, 5.41) is 3.24. The zero-order chi connectivity index (χ0) is 12.7. The van der Waals surface area contributed by atoms with Crippen LogP contribution in [0.3, 0.4) is 0 Å². The minimum Gasteiger partial charge on any atom is -0.349 e. The zero-order valence-corrected chi connectivity index (χ0v) is 9.95. The summed E-state index contributed by atoms with van der Waals surface area (Å²) in [6.45, 7) is 2.76. The van der Waals surface area contributed by atoms with Gasteiger partial charge < -0.3 is 9.88 Å². The number of hydrogen-bond donors (Lipinski definition) is 1. The van der Waals surface area contributed by atoms with Crippen LogP contribution in [-0.4, -0.2) is 9.55 Å². The molecule has 1 unspecified atom stereocenters. The maximum atomic E-state index is 13.2. The van der Waals surface area contributed by atoms with Gasteiger partial charge in [0.25, 0.3) is 0 Å². The third kappa shape index (κ3) is 1.85. The van der Waals surface area contributed by atoms with Crippen molar-refractivity contribution in [3.05, 3.63) is 47.3 Å². The van der Waals surface area contributed by atoms with Crippen LogP contribution in [0.4, 0.5) is 14.7 Å². The number of aromatic nitrogens is 2. The summed E-state index contributed by atoms with van der Waals surface area (Å²) in [5.41, 5.74) is 1.70. The molecule has 0 fully saturated rings. The lowest BCUT2D eigenvalue weighted by atomic mass is 10.0. The second-order valence-electron chi connectivity index (χ2n) is 4.56. The van der Waals surface area contributed by atoms with E-state index >= 15 is 0 Å². The highest BCUT2D eigenvalue weighted by Crippen LogP contribution is 2.28. The number of benzene rings is 1. The van der Waals surface area contributed by atoms with Crippen LogP contribution in [0.2, 0.25) is 0 Å². The molecule has 1 aliphatic rings. The lowest BCUT2D eigenvalue weighted by molar-refractivity contribution is 0.499. The van der Waals surface area contributed by atoms with E-state index in [-0.39, 0.29) is 6.04 Å². The van der Waals surface area contributed by atoms with E-state index in [0.717, 1.165) is 30.2 Å². The number of anilines is 1. The summed E-state index contributed by atoms with van der Waals surface area (Å²) in [6.07, 6.45) is 2.80. The molecule has 0 bridgehead atoms. The molecule has 2 aromatic rings. The van der Waals surface area contributed by atoms with Crippen LogP contribution in [-0.2, 0) is 6.54 Å². The van der Waals surface area contributed by atoms with Crippen molar-refractivity contribution >= 4 is 5.95 Å². The largest absolute Gasteiger partial charge is 0.349 e. The average molecular weight is 249 g/mol. The van der Waals surface area contributed by atoms with Gasteiger partial charge in [0.1, 0.15) is 0 Å². The van der Waals surface area contributed by atoms with Gasteiger partial charge in [-0.15, -0.1) is 0 Å². The summed E-state index contributed by atoms with van der Waals surface area (Å²) >= 11 is 0. The lowest BCUT2D eigenvalue weighted by Gasteiger charge is -2.25. The van der Waals surface area contributed by atoms with Crippen LogP contribution in [0.5, 0.6) is 0 Å². The molecule has 5 heteroatoms. The molecule has 1 N–H and O–H groups in total. The molecule has 0 spiro atoms. The van der Waals surface area contributed by atoms with Crippen molar-refractivity contribution in [2.75, 3.05) is 5.32 Å². The van der Waals surface area contributed by atoms with Crippen LogP contribution in [0.15, 0.2) is 24.4 Å². The molecule has 0 saturated heterocycles. The molecule has 3 rings (SSSR count). The maximum Gasteiger partial charge on any atom is 0.203 e. The number of fused-ring (bicyclic) bond motifs is 1. The summed E-state index contributed by atoms with van der Waals surface area (Å²) in [6, 6.07) is 4.01. The Labute approximate surface area is 103 Å². The predicted octanol–water partition coefficient (Wildman–Crippen LogP) is 3.03. The normalized spacial score (nSPS) is 18.3. The molecule has 1 aromatic carbocycles. The highest BCUT2D eigenvalue weighted by atomic mass is 19.2. The third-order valence-corrected chi connectivity index (χ3v) is 3.21. The SMILES string of the molecule is Cc1cn2c(n1)NC(c1ccc(F)c(F)c1)CC2. The van der Waals surface area contributed by atoms with Crippen molar-refractivity contribution in [3.8, 4) is 0 Å². The lowest BCUT2D eigenvalue weighted by Crippen LogP contribution is -2.22. The van der Waals surface area contributed by atoms with Gasteiger partial charge in [-0.1, -0.05) is 6.07 Å². The second-order valence-corrected chi connectivity index (χ2v) is 4.56. The Kier molecular flexibility index (Phi) is 2.54. The van der Waals surface area contributed by atoms with Crippen molar-refractivity contribution in [1.29, 1.82) is 0 Å². The topological polar surface area (TPSA) is 29.9 Å². The molecule has 0 aliphatic carbocycles. The summed E-state index contributed by atoms with van der Waals surface area (Å²) in [5.74, 6) is -0.834. The van der Waals surface area contributed by atoms with Gasteiger partial charge in [-0.05, 0) is 31.0 Å². The maximum absolute atomic E-state index is 13.2. The first-order chi connectivity index (χ1) is 8.63. The monoisotopic (exact) mass is 249 g/mol. The predicted molar refractivity (Wildman–Crippen MR) is 64.3 cm³/mol. The van der Waals surface area contributed by atoms with Crippen LogP contribution in [0, 0.1) is 18.6 Å². The second kappa shape index (κ2) is 4.08. The van der Waals surface area contributed by atoms with E-state index in [1.165, 1.54) is 12.1 Å². The van der Waals surface area contributed by atoms with Gasteiger partial charge in [0.15, 0.2) is 11.6 Å². The van der Waals surface area contributed by atoms with Crippen LogP contribution in [0.1, 0.15) is 23.7 Å². The molecular weight excluding hydrogens is 236 g/mol. The van der Waals surface area contributed by atoms with Crippen molar-refractivity contribution in [1.82, 2.24) is 9.55 Å². The van der Waals surface area contributed by atoms with E-state index in [1.807, 2.05) is 17.7 Å². The summed E-state index contributed by atoms with van der Waals surface area (Å²) < 4.78 is 28.1. The number of nitrogens with zero attached hydrogens (tertiary/aromatic N) is 2. The first kappa shape index (κ1) is 11.2. The van der Waals surface area contributed by atoms with Crippen molar-refractivity contribution in [2.24, 2.45) is 0 Å². The van der Waals surface area contributed by atoms with Gasteiger partial charge in [0.05, 0.1) is 11.7 Å². The Morgan fingerprint density at radius 2 is 2.17 bits per heavy atom. The fraction of sp³-hybridized carbons (Fsp3) is 0.308. The van der Waals surface area contributed by atoms with Crippen LogP contribution < -0.4 is 5.32 Å². The molecular formula is C13H13F2N3. The average Bonchev–Trinajstić information content (AvgIpc) is 2.71. The Morgan fingerprint density at radius 1 is 1.33 bits per heavy atom. The smallest absolute Gasteiger partial charge is 0.203 e. The highest BCUT2D eigenvalue weighted by Gasteiger charge is 2.21. The zero-order valence-electron chi connectivity index (χ0n) is 9.95. The number of imidazole rings is 1. The van der Waals surface area contributed by atoms with Gasteiger partial charge in [0, 0.05) is 12.7 Å². The number of hydrogen-bond acceptors (Lipinski definition) is 2. The fourth-order valence-corrected chi connectivity index (χ4v) is 2.31. The Hall–Kier alpha value is -1.91. The number of rotatable bonds is 1. The number of halogens is 2. The summed E-state index contributed by atoms with van der Waals surface area (Å²) in [7, 11) is 0. The quantitative estimate of drug-likeness (QED) is 0.842. The summed E-state index contributed by atoms with van der Waals surface area (Å²) in [4.78, 5) is 4.35. The fourth-order valence-electron chi connectivity index (χ4n) is 2.31. The van der Waals surface area contributed by atoms with Crippen molar-refractivity contribution < 1.29 is 8.78 Å².